The fourth-order valence-corrected chi connectivity index (χ4v) is 4.28. The molecule has 0 aliphatic heterocycles. The summed E-state index contributed by atoms with van der Waals surface area (Å²) in [5, 5.41) is 6.70. The molecule has 4 heterocycles. The van der Waals surface area contributed by atoms with Crippen LogP contribution in [0.2, 0.25) is 0 Å². The zero-order valence-corrected chi connectivity index (χ0v) is 18.0. The maximum absolute atomic E-state index is 13.0. The molecular weight excluding hydrogens is 463 g/mol. The van der Waals surface area contributed by atoms with Crippen molar-refractivity contribution in [3.8, 4) is 11.4 Å². The fourth-order valence-electron chi connectivity index (χ4n) is 3.08. The Bertz CT molecular complexity index is 1460. The van der Waals surface area contributed by atoms with Crippen molar-refractivity contribution in [1.82, 2.24) is 29.1 Å². The standard InChI is InChI=1S/C19H16F3N7O3S/c1-3-33(31,32)16-15(12-9-29-10-24-13(19(20,21)22)8-14(29)25-12)27-28(2)17(16)26-18(30)11-6-4-5-7-23-11/h4-10H,3H2,1-2H3,(H,26,30). The maximum Gasteiger partial charge on any atom is 0.433 e. The van der Waals surface area contributed by atoms with E-state index in [2.05, 4.69) is 25.4 Å². The summed E-state index contributed by atoms with van der Waals surface area (Å²) in [6.45, 7) is 1.42. The highest BCUT2D eigenvalue weighted by molar-refractivity contribution is 7.91. The summed E-state index contributed by atoms with van der Waals surface area (Å²) in [6, 6.07) is 5.41. The molecule has 1 amide bonds. The molecule has 1 N–H and O–H groups in total. The van der Waals surface area contributed by atoms with Crippen LogP contribution in [0.3, 0.4) is 0 Å². The van der Waals surface area contributed by atoms with Crippen LogP contribution in [0.4, 0.5) is 19.0 Å². The van der Waals surface area contributed by atoms with E-state index < -0.39 is 27.6 Å². The van der Waals surface area contributed by atoms with Gasteiger partial charge in [0, 0.05) is 25.5 Å². The van der Waals surface area contributed by atoms with E-state index >= 15 is 0 Å². The highest BCUT2D eigenvalue weighted by atomic mass is 32.2. The first-order chi connectivity index (χ1) is 15.5. The van der Waals surface area contributed by atoms with Gasteiger partial charge in [0.2, 0.25) is 0 Å². The van der Waals surface area contributed by atoms with Crippen LogP contribution in [0.25, 0.3) is 17.0 Å². The number of carbonyl (C=O) groups excluding carboxylic acids is 1. The first kappa shape index (κ1) is 22.4. The number of aromatic nitrogens is 6. The lowest BCUT2D eigenvalue weighted by atomic mass is 10.3. The maximum atomic E-state index is 13.0. The third-order valence-electron chi connectivity index (χ3n) is 4.71. The number of alkyl halides is 3. The summed E-state index contributed by atoms with van der Waals surface area (Å²) in [6.07, 6.45) is -1.02. The Labute approximate surface area is 185 Å². The van der Waals surface area contributed by atoms with Crippen molar-refractivity contribution in [3.05, 3.63) is 54.4 Å². The van der Waals surface area contributed by atoms with E-state index in [-0.39, 0.29) is 39.2 Å². The number of halogens is 3. The molecule has 172 valence electrons. The van der Waals surface area contributed by atoms with E-state index in [9.17, 15) is 26.4 Å². The summed E-state index contributed by atoms with van der Waals surface area (Å²) in [7, 11) is -2.52. The zero-order valence-electron chi connectivity index (χ0n) is 17.2. The van der Waals surface area contributed by atoms with Gasteiger partial charge in [0.1, 0.15) is 39.6 Å². The van der Waals surface area contributed by atoms with Crippen LogP contribution in [-0.4, -0.2) is 49.2 Å². The van der Waals surface area contributed by atoms with E-state index in [1.165, 1.54) is 36.8 Å². The fraction of sp³-hybridized carbons (Fsp3) is 0.211. The average molecular weight is 479 g/mol. The number of amides is 1. The zero-order chi connectivity index (χ0) is 24.0. The normalized spacial score (nSPS) is 12.3. The number of carbonyl (C=O) groups is 1. The highest BCUT2D eigenvalue weighted by Gasteiger charge is 2.34. The topological polar surface area (TPSA) is 124 Å². The SMILES string of the molecule is CCS(=O)(=O)c1c(-c2cn3cnc(C(F)(F)F)cc3n2)nn(C)c1NC(=O)c1ccccn1. The number of rotatable bonds is 5. The molecule has 4 aromatic rings. The molecule has 0 spiro atoms. The molecule has 0 bridgehead atoms. The number of hydrogen-bond acceptors (Lipinski definition) is 7. The van der Waals surface area contributed by atoms with Crippen LogP contribution < -0.4 is 5.32 Å². The van der Waals surface area contributed by atoms with Crippen molar-refractivity contribution in [2.75, 3.05) is 11.1 Å². The van der Waals surface area contributed by atoms with Crippen LogP contribution in [0, 0.1) is 0 Å². The first-order valence-corrected chi connectivity index (χ1v) is 11.1. The second-order valence-electron chi connectivity index (χ2n) is 6.89. The van der Waals surface area contributed by atoms with Gasteiger partial charge in [0.25, 0.3) is 5.91 Å². The van der Waals surface area contributed by atoms with Crippen LogP contribution in [0.15, 0.2) is 47.9 Å². The molecule has 0 fully saturated rings. The molecule has 0 radical (unpaired) electrons. The van der Waals surface area contributed by atoms with Crippen molar-refractivity contribution in [3.63, 3.8) is 0 Å². The molecule has 0 saturated heterocycles. The number of hydrogen-bond donors (Lipinski definition) is 1. The monoisotopic (exact) mass is 479 g/mol. The van der Waals surface area contributed by atoms with Crippen molar-refractivity contribution < 1.29 is 26.4 Å². The van der Waals surface area contributed by atoms with Gasteiger partial charge in [0.15, 0.2) is 15.7 Å². The van der Waals surface area contributed by atoms with Crippen LogP contribution >= 0.6 is 0 Å². The number of aryl methyl sites for hydroxylation is 1. The molecular formula is C19H16F3N7O3S. The Morgan fingerprint density at radius 3 is 2.61 bits per heavy atom. The molecule has 0 unspecified atom stereocenters. The first-order valence-electron chi connectivity index (χ1n) is 9.45. The smallest absolute Gasteiger partial charge is 0.304 e. The lowest BCUT2D eigenvalue weighted by Crippen LogP contribution is -2.18. The minimum absolute atomic E-state index is 0.00270. The number of pyridine rings is 1. The summed E-state index contributed by atoms with van der Waals surface area (Å²) >= 11 is 0. The van der Waals surface area contributed by atoms with E-state index in [1.807, 2.05) is 0 Å². The second-order valence-corrected chi connectivity index (χ2v) is 9.10. The van der Waals surface area contributed by atoms with Crippen molar-refractivity contribution in [2.45, 2.75) is 18.0 Å². The van der Waals surface area contributed by atoms with Crippen LogP contribution in [0.5, 0.6) is 0 Å². The number of imidazole rings is 1. The van der Waals surface area contributed by atoms with E-state index in [0.29, 0.717) is 0 Å². The second kappa shape index (κ2) is 7.95. The molecule has 33 heavy (non-hydrogen) atoms. The Kier molecular flexibility index (Phi) is 5.40. The molecule has 10 nitrogen and oxygen atoms in total. The van der Waals surface area contributed by atoms with Gasteiger partial charge in [-0.3, -0.25) is 18.9 Å². The number of sulfone groups is 1. The number of nitrogens with one attached hydrogen (secondary N) is 1. The quantitative estimate of drug-likeness (QED) is 0.467. The van der Waals surface area contributed by atoms with Crippen LogP contribution in [0.1, 0.15) is 23.1 Å². The Morgan fingerprint density at radius 2 is 1.97 bits per heavy atom. The lowest BCUT2D eigenvalue weighted by molar-refractivity contribution is -0.141. The van der Waals surface area contributed by atoms with Gasteiger partial charge < -0.3 is 5.32 Å². The highest BCUT2D eigenvalue weighted by Crippen LogP contribution is 2.34. The number of anilines is 1. The van der Waals surface area contributed by atoms with Crippen molar-refractivity contribution >= 4 is 27.2 Å². The predicted octanol–water partition coefficient (Wildman–Crippen LogP) is 2.59. The summed E-state index contributed by atoms with van der Waals surface area (Å²) < 4.78 is 67.2. The molecule has 0 aromatic carbocycles. The third kappa shape index (κ3) is 4.16. The van der Waals surface area contributed by atoms with Gasteiger partial charge in [0.05, 0.1) is 5.75 Å². The Morgan fingerprint density at radius 1 is 1.21 bits per heavy atom. The number of nitrogens with zero attached hydrogens (tertiary/aromatic N) is 6. The van der Waals surface area contributed by atoms with Crippen molar-refractivity contribution in [2.24, 2.45) is 7.05 Å². The molecule has 4 aromatic heterocycles. The Hall–Kier alpha value is -3.81. The minimum Gasteiger partial charge on any atom is -0.304 e. The summed E-state index contributed by atoms with van der Waals surface area (Å²) in [4.78, 5) is 23.7. The summed E-state index contributed by atoms with van der Waals surface area (Å²) in [5.41, 5.74) is -1.31. The lowest BCUT2D eigenvalue weighted by Gasteiger charge is -2.08. The van der Waals surface area contributed by atoms with Gasteiger partial charge in [-0.25, -0.2) is 18.4 Å². The molecule has 0 saturated carbocycles. The van der Waals surface area contributed by atoms with Gasteiger partial charge in [-0.15, -0.1) is 0 Å². The Balaban J connectivity index is 1.85. The predicted molar refractivity (Wildman–Crippen MR) is 110 cm³/mol. The molecule has 0 aliphatic carbocycles. The van der Waals surface area contributed by atoms with E-state index in [1.54, 1.807) is 12.1 Å². The molecule has 0 aliphatic rings. The largest absolute Gasteiger partial charge is 0.433 e. The number of fused-ring (bicyclic) bond motifs is 1. The molecule has 4 rings (SSSR count). The van der Waals surface area contributed by atoms with E-state index in [4.69, 9.17) is 0 Å². The van der Waals surface area contributed by atoms with Crippen LogP contribution in [-0.2, 0) is 23.1 Å². The third-order valence-corrected chi connectivity index (χ3v) is 6.47. The van der Waals surface area contributed by atoms with Gasteiger partial charge >= 0.3 is 6.18 Å². The summed E-state index contributed by atoms with van der Waals surface area (Å²) in [5.74, 6) is -1.09. The van der Waals surface area contributed by atoms with Crippen molar-refractivity contribution in [1.29, 1.82) is 0 Å². The molecule has 0 atom stereocenters. The van der Waals surface area contributed by atoms with Gasteiger partial charge in [-0.05, 0) is 12.1 Å². The van der Waals surface area contributed by atoms with Gasteiger partial charge in [-0.2, -0.15) is 18.3 Å². The average Bonchev–Trinajstić information content (AvgIpc) is 3.34. The van der Waals surface area contributed by atoms with Gasteiger partial charge in [-0.1, -0.05) is 13.0 Å². The van der Waals surface area contributed by atoms with E-state index in [0.717, 1.165) is 17.1 Å². The minimum atomic E-state index is -4.67. The molecule has 14 heteroatoms.